The zero-order valence-electron chi connectivity index (χ0n) is 49.7. The van der Waals surface area contributed by atoms with Crippen molar-refractivity contribution in [2.45, 2.75) is 201 Å². The Hall–Kier alpha value is -5.01. The summed E-state index contributed by atoms with van der Waals surface area (Å²) in [6.45, 7) is 26.8. The average molecular weight is 1130 g/mol. The first-order valence-corrected chi connectivity index (χ1v) is 28.9. The van der Waals surface area contributed by atoms with Crippen LogP contribution in [0.4, 0.5) is 0 Å². The third-order valence-corrected chi connectivity index (χ3v) is 22.3. The molecule has 2 saturated heterocycles. The van der Waals surface area contributed by atoms with E-state index in [1.807, 2.05) is 83.1 Å². The zero-order chi connectivity index (χ0) is 59.7. The Morgan fingerprint density at radius 3 is 1.26 bits per heavy atom. The molecule has 6 aliphatic carbocycles. The lowest BCUT2D eigenvalue weighted by Gasteiger charge is -2.69. The van der Waals surface area contributed by atoms with E-state index in [1.165, 1.54) is 20.8 Å². The highest BCUT2D eigenvalue weighted by molar-refractivity contribution is 5.90. The molecule has 0 unspecified atom stereocenters. The van der Waals surface area contributed by atoms with Gasteiger partial charge >= 0.3 is 29.8 Å². The zero-order valence-corrected chi connectivity index (χ0v) is 49.7. The van der Waals surface area contributed by atoms with E-state index in [0.717, 1.165) is 11.1 Å². The second-order valence-electron chi connectivity index (χ2n) is 26.9. The smallest absolute Gasteiger partial charge is 0.338 e. The molecular weight excluding hydrogens is 1040 g/mol. The van der Waals surface area contributed by atoms with Crippen LogP contribution in [0, 0.1) is 57.2 Å². The Labute approximate surface area is 476 Å². The average Bonchev–Trinajstić information content (AvgIpc) is 1.54. The maximum atomic E-state index is 13.8. The largest absolute Gasteiger partial charge is 0.455 e. The van der Waals surface area contributed by atoms with Crippen molar-refractivity contribution >= 4 is 29.8 Å². The number of carbonyl (C=O) groups is 5. The molecule has 17 heteroatoms. The predicted molar refractivity (Wildman–Crippen MR) is 295 cm³/mol. The second-order valence-corrected chi connectivity index (χ2v) is 26.9. The van der Waals surface area contributed by atoms with Gasteiger partial charge in [-0.2, -0.15) is 0 Å². The number of aliphatic hydroxyl groups is 5. The Morgan fingerprint density at radius 2 is 0.901 bits per heavy atom. The molecule has 2 aromatic rings. The third-order valence-electron chi connectivity index (χ3n) is 22.3. The van der Waals surface area contributed by atoms with Crippen molar-refractivity contribution in [3.05, 3.63) is 94.1 Å². The number of fused-ring (bicyclic) bond motifs is 10. The lowest BCUT2D eigenvalue weighted by atomic mass is 9.42. The quantitative estimate of drug-likeness (QED) is 0.103. The topological polar surface area (TPSA) is 251 Å². The minimum absolute atomic E-state index is 0.0162. The van der Waals surface area contributed by atoms with Gasteiger partial charge in [-0.25, -0.2) is 9.59 Å². The fraction of sp³-hybridized carbons (Fsp3) is 0.672. The summed E-state index contributed by atoms with van der Waals surface area (Å²) in [6.07, 6.45) is -6.97. The van der Waals surface area contributed by atoms with Gasteiger partial charge in [-0.3, -0.25) is 14.4 Å². The van der Waals surface area contributed by atoms with Crippen LogP contribution in [0.25, 0.3) is 0 Å². The van der Waals surface area contributed by atoms with Crippen molar-refractivity contribution in [3.8, 4) is 0 Å². The molecule has 4 saturated carbocycles. The highest BCUT2D eigenvalue weighted by atomic mass is 16.6. The number of ether oxygens (including phenoxy) is 7. The van der Waals surface area contributed by atoms with Crippen molar-refractivity contribution in [2.24, 2.45) is 57.2 Å². The highest BCUT2D eigenvalue weighted by Gasteiger charge is 2.79. The number of aliphatic hydroxyl groups excluding tert-OH is 3. The molecule has 0 amide bonds. The van der Waals surface area contributed by atoms with Gasteiger partial charge in [0.2, 0.25) is 0 Å². The van der Waals surface area contributed by atoms with Crippen LogP contribution in [0.5, 0.6) is 0 Å². The first kappa shape index (κ1) is 60.6. The monoisotopic (exact) mass is 1130 g/mol. The first-order chi connectivity index (χ1) is 37.6. The van der Waals surface area contributed by atoms with Crippen molar-refractivity contribution in [3.63, 3.8) is 0 Å². The molecule has 81 heavy (non-hydrogen) atoms. The summed E-state index contributed by atoms with van der Waals surface area (Å²) >= 11 is 0. The number of carbonyl (C=O) groups excluding carboxylic acids is 5. The van der Waals surface area contributed by atoms with Crippen LogP contribution in [-0.4, -0.2) is 140 Å². The van der Waals surface area contributed by atoms with Gasteiger partial charge in [-0.15, -0.1) is 0 Å². The molecule has 8 aliphatic rings. The SMILES string of the molecule is CC(=O)O[C@@]12CO[C@@H]1C[C@H](C)[C@]1(C)[C@@H]2[C@H](OC(=O)c2ccccc2)[C@]2(O)C[C@H](C)C(C)=C([C@H](O)[C@@H]1O)C2(C)C.CC(=O)O[C@H]1C2=C(C)[C@@H](C)C[C@@](O)([C@@H](OC(=O)c3ccccc3)[C@@H]3[C@]4(OC(C)=O)CO[C@@H]4C[C@H](C)[C@@]3(C)[C@H]1O)C2(C)C. The van der Waals surface area contributed by atoms with Crippen LogP contribution < -0.4 is 0 Å². The van der Waals surface area contributed by atoms with E-state index >= 15 is 0 Å². The summed E-state index contributed by atoms with van der Waals surface area (Å²) in [5.74, 6) is -5.53. The minimum atomic E-state index is -1.71. The van der Waals surface area contributed by atoms with E-state index in [-0.39, 0.29) is 49.7 Å². The number of esters is 5. The van der Waals surface area contributed by atoms with Crippen molar-refractivity contribution < 1.29 is 82.7 Å². The third kappa shape index (κ3) is 8.81. The van der Waals surface area contributed by atoms with Crippen LogP contribution in [0.1, 0.15) is 150 Å². The fourth-order valence-corrected chi connectivity index (χ4v) is 17.2. The van der Waals surface area contributed by atoms with Crippen LogP contribution in [0.15, 0.2) is 83.0 Å². The summed E-state index contributed by atoms with van der Waals surface area (Å²) in [6, 6.07) is 17.1. The summed E-state index contributed by atoms with van der Waals surface area (Å²) in [4.78, 5) is 65.4. The van der Waals surface area contributed by atoms with Gasteiger partial charge in [0.1, 0.15) is 47.8 Å². The first-order valence-electron chi connectivity index (χ1n) is 28.9. The van der Waals surface area contributed by atoms with E-state index < -0.39 is 135 Å². The van der Waals surface area contributed by atoms with E-state index in [4.69, 9.17) is 33.2 Å². The lowest BCUT2D eigenvalue weighted by Crippen LogP contribution is -2.81. The predicted octanol–water partition coefficient (Wildman–Crippen LogP) is 7.42. The molecule has 0 spiro atoms. The van der Waals surface area contributed by atoms with Crippen molar-refractivity contribution in [1.82, 2.24) is 0 Å². The second kappa shape index (κ2) is 20.7. The van der Waals surface area contributed by atoms with Crippen molar-refractivity contribution in [2.75, 3.05) is 13.2 Å². The number of allylic oxidation sites excluding steroid dienone is 2. The molecule has 6 fully saturated rings. The molecule has 5 N–H and O–H groups in total. The molecule has 17 nitrogen and oxygen atoms in total. The molecule has 2 aromatic carbocycles. The summed E-state index contributed by atoms with van der Waals surface area (Å²) < 4.78 is 43.0. The maximum absolute atomic E-state index is 13.8. The summed E-state index contributed by atoms with van der Waals surface area (Å²) in [5, 5.41) is 62.5. The number of rotatable bonds is 7. The van der Waals surface area contributed by atoms with Crippen LogP contribution >= 0.6 is 0 Å². The number of hydrogen-bond donors (Lipinski definition) is 5. The molecule has 10 rings (SSSR count). The molecule has 0 radical (unpaired) electrons. The van der Waals surface area contributed by atoms with Gasteiger partial charge in [0.05, 0.1) is 42.3 Å². The molecular formula is C64H86O17. The maximum Gasteiger partial charge on any atom is 0.338 e. The van der Waals surface area contributed by atoms with Gasteiger partial charge < -0.3 is 58.7 Å². The normalized spacial score (nSPS) is 43.3. The summed E-state index contributed by atoms with van der Waals surface area (Å²) in [5.41, 5.74) is -6.78. The standard InChI is InChI=1S/C33H44O9.C31H42O8/c1-17-15-33(38)28(41-29(37)22-12-10-9-11-13-22)26-31(8,18(2)14-23-32(26,16-39-23)42-21(5)35)27(36)25(40-20(4)34)24(19(17)3)30(33,6)7;1-16-14-31(36)26(38-27(35)20-11-9-8-10-12-20)24-29(7,25(34)23(33)22(18(16)3)28(31,5)6)17(2)13-21-30(24,15-37-21)39-19(4)32/h9-13,17-18,23,25-28,36,38H,14-16H2,1-8H3;8-12,16-17,21,23-26,33-34,36H,13-15H2,1-7H3/t17-,18-,23+,25-,26-,27-,28-,31+,32-,33+;16-,17-,21+,23-,24-,25-,26-,29+,30-,31+/m00/s1. The van der Waals surface area contributed by atoms with Gasteiger partial charge in [0, 0.05) is 42.4 Å². The number of benzene rings is 2. The van der Waals surface area contributed by atoms with Crippen molar-refractivity contribution in [1.29, 1.82) is 0 Å². The van der Waals surface area contributed by atoms with Crippen LogP contribution in [0.3, 0.4) is 0 Å². The van der Waals surface area contributed by atoms with Gasteiger partial charge in [-0.1, -0.05) is 117 Å². The van der Waals surface area contributed by atoms with Gasteiger partial charge in [0.25, 0.3) is 0 Å². The Kier molecular flexibility index (Phi) is 15.4. The Morgan fingerprint density at radius 1 is 0.531 bits per heavy atom. The minimum Gasteiger partial charge on any atom is -0.455 e. The Balaban J connectivity index is 0.000000196. The fourth-order valence-electron chi connectivity index (χ4n) is 17.2. The van der Waals surface area contributed by atoms with E-state index in [1.54, 1.807) is 60.7 Å². The molecule has 20 atom stereocenters. The van der Waals surface area contributed by atoms with E-state index in [9.17, 15) is 49.5 Å². The Bertz CT molecular complexity index is 2880. The number of hydrogen-bond acceptors (Lipinski definition) is 17. The molecule has 0 aromatic heterocycles. The molecule has 444 valence electrons. The lowest BCUT2D eigenvalue weighted by molar-refractivity contribution is -0.358. The molecule has 4 bridgehead atoms. The van der Waals surface area contributed by atoms with Crippen LogP contribution in [0.2, 0.25) is 0 Å². The van der Waals surface area contributed by atoms with Gasteiger partial charge in [0.15, 0.2) is 17.3 Å². The molecule has 2 aliphatic heterocycles. The van der Waals surface area contributed by atoms with E-state index in [2.05, 4.69) is 0 Å². The summed E-state index contributed by atoms with van der Waals surface area (Å²) in [7, 11) is 0. The van der Waals surface area contributed by atoms with Gasteiger partial charge in [-0.05, 0) is 98.6 Å². The van der Waals surface area contributed by atoms with E-state index in [0.29, 0.717) is 35.1 Å². The van der Waals surface area contributed by atoms with Crippen LogP contribution in [-0.2, 0) is 47.5 Å². The highest BCUT2D eigenvalue weighted by Crippen LogP contribution is 2.69. The molecule has 2 heterocycles.